The molecule has 28 heavy (non-hydrogen) atoms. The number of amides is 2. The van der Waals surface area contributed by atoms with Gasteiger partial charge in [0.1, 0.15) is 5.60 Å². The summed E-state index contributed by atoms with van der Waals surface area (Å²) in [6, 6.07) is 7.20. The van der Waals surface area contributed by atoms with Gasteiger partial charge in [0.2, 0.25) is 5.91 Å². The molecule has 1 aromatic carbocycles. The van der Waals surface area contributed by atoms with Crippen molar-refractivity contribution in [3.8, 4) is 0 Å². The fourth-order valence-corrected chi connectivity index (χ4v) is 3.20. The summed E-state index contributed by atoms with van der Waals surface area (Å²) in [5, 5.41) is 5.65. The van der Waals surface area contributed by atoms with Crippen LogP contribution in [0.25, 0.3) is 0 Å². The van der Waals surface area contributed by atoms with Crippen LogP contribution >= 0.6 is 0 Å². The van der Waals surface area contributed by atoms with E-state index in [1.807, 2.05) is 32.9 Å². The quantitative estimate of drug-likeness (QED) is 0.779. The SMILES string of the molecule is CC1CN(CCNC(=O)Cc2ccc(NC(=O)OC(C)(C)C)cc2)CC(C)O1. The molecule has 0 radical (unpaired) electrons. The highest BCUT2D eigenvalue weighted by Gasteiger charge is 2.21. The Bertz CT molecular complexity index is 645. The molecule has 1 aliphatic rings. The van der Waals surface area contributed by atoms with Crippen molar-refractivity contribution in [2.75, 3.05) is 31.5 Å². The van der Waals surface area contributed by atoms with Gasteiger partial charge in [-0.15, -0.1) is 0 Å². The third kappa shape index (κ3) is 8.27. The largest absolute Gasteiger partial charge is 0.444 e. The van der Waals surface area contributed by atoms with Crippen LogP contribution in [0.2, 0.25) is 0 Å². The van der Waals surface area contributed by atoms with E-state index in [4.69, 9.17) is 9.47 Å². The van der Waals surface area contributed by atoms with Gasteiger partial charge in [-0.1, -0.05) is 12.1 Å². The molecule has 2 amide bonds. The summed E-state index contributed by atoms with van der Waals surface area (Å²) in [5.41, 5.74) is 0.981. The van der Waals surface area contributed by atoms with Crippen LogP contribution < -0.4 is 10.6 Å². The van der Waals surface area contributed by atoms with E-state index in [0.717, 1.165) is 25.2 Å². The Labute approximate surface area is 167 Å². The Hall–Kier alpha value is -2.12. The van der Waals surface area contributed by atoms with Gasteiger partial charge in [-0.25, -0.2) is 4.79 Å². The second kappa shape index (κ2) is 9.89. The maximum atomic E-state index is 12.2. The normalized spacial score (nSPS) is 20.5. The lowest BCUT2D eigenvalue weighted by Gasteiger charge is -2.35. The molecule has 7 nitrogen and oxygen atoms in total. The molecule has 2 atom stereocenters. The fourth-order valence-electron chi connectivity index (χ4n) is 3.20. The van der Waals surface area contributed by atoms with E-state index in [-0.39, 0.29) is 18.1 Å². The van der Waals surface area contributed by atoms with Gasteiger partial charge < -0.3 is 14.8 Å². The molecular weight excluding hydrogens is 358 g/mol. The highest BCUT2D eigenvalue weighted by Crippen LogP contribution is 2.13. The number of rotatable bonds is 6. The molecule has 0 bridgehead atoms. The summed E-state index contributed by atoms with van der Waals surface area (Å²) in [4.78, 5) is 26.2. The Morgan fingerprint density at radius 2 is 1.75 bits per heavy atom. The number of hydrogen-bond donors (Lipinski definition) is 2. The molecule has 0 saturated carbocycles. The van der Waals surface area contributed by atoms with Crippen molar-refractivity contribution in [1.29, 1.82) is 0 Å². The highest BCUT2D eigenvalue weighted by atomic mass is 16.6. The molecular formula is C21H33N3O4. The van der Waals surface area contributed by atoms with E-state index in [9.17, 15) is 9.59 Å². The highest BCUT2D eigenvalue weighted by molar-refractivity contribution is 5.85. The monoisotopic (exact) mass is 391 g/mol. The molecule has 1 aliphatic heterocycles. The third-order valence-electron chi connectivity index (χ3n) is 4.21. The average molecular weight is 392 g/mol. The zero-order chi connectivity index (χ0) is 20.7. The summed E-state index contributed by atoms with van der Waals surface area (Å²) in [6.45, 7) is 12.8. The lowest BCUT2D eigenvalue weighted by molar-refractivity contribution is -0.120. The molecule has 0 spiro atoms. The summed E-state index contributed by atoms with van der Waals surface area (Å²) >= 11 is 0. The predicted molar refractivity (Wildman–Crippen MR) is 109 cm³/mol. The lowest BCUT2D eigenvalue weighted by Crippen LogP contribution is -2.48. The molecule has 2 N–H and O–H groups in total. The van der Waals surface area contributed by atoms with Crippen LogP contribution in [0.5, 0.6) is 0 Å². The summed E-state index contributed by atoms with van der Waals surface area (Å²) in [6.07, 6.45) is 0.270. The van der Waals surface area contributed by atoms with E-state index in [0.29, 0.717) is 18.7 Å². The average Bonchev–Trinajstić information content (AvgIpc) is 2.54. The minimum Gasteiger partial charge on any atom is -0.444 e. The maximum Gasteiger partial charge on any atom is 0.412 e. The van der Waals surface area contributed by atoms with Crippen molar-refractivity contribution in [3.63, 3.8) is 0 Å². The van der Waals surface area contributed by atoms with Crippen LogP contribution in [0.4, 0.5) is 10.5 Å². The Balaban J connectivity index is 1.71. The van der Waals surface area contributed by atoms with Crippen LogP contribution in [-0.4, -0.2) is 60.9 Å². The number of benzene rings is 1. The van der Waals surface area contributed by atoms with Crippen molar-refractivity contribution in [2.24, 2.45) is 0 Å². The Kier molecular flexibility index (Phi) is 7.83. The molecule has 2 unspecified atom stereocenters. The topological polar surface area (TPSA) is 79.9 Å². The molecule has 1 saturated heterocycles. The van der Waals surface area contributed by atoms with Crippen molar-refractivity contribution in [3.05, 3.63) is 29.8 Å². The van der Waals surface area contributed by atoms with Gasteiger partial charge in [0.05, 0.1) is 18.6 Å². The van der Waals surface area contributed by atoms with Gasteiger partial charge in [0.25, 0.3) is 0 Å². The van der Waals surface area contributed by atoms with Gasteiger partial charge >= 0.3 is 6.09 Å². The third-order valence-corrected chi connectivity index (χ3v) is 4.21. The molecule has 2 rings (SSSR count). The second-order valence-corrected chi connectivity index (χ2v) is 8.37. The van der Waals surface area contributed by atoms with Gasteiger partial charge in [-0.05, 0) is 52.3 Å². The fraction of sp³-hybridized carbons (Fsp3) is 0.619. The van der Waals surface area contributed by atoms with Crippen molar-refractivity contribution in [2.45, 2.75) is 58.8 Å². The van der Waals surface area contributed by atoms with Crippen LogP contribution in [0.15, 0.2) is 24.3 Å². The first kappa shape index (κ1) is 22.2. The Morgan fingerprint density at radius 1 is 1.14 bits per heavy atom. The number of hydrogen-bond acceptors (Lipinski definition) is 5. The van der Waals surface area contributed by atoms with Crippen molar-refractivity contribution in [1.82, 2.24) is 10.2 Å². The molecule has 7 heteroatoms. The number of nitrogens with one attached hydrogen (secondary N) is 2. The van der Waals surface area contributed by atoms with Gasteiger partial charge in [0.15, 0.2) is 0 Å². The number of morpholine rings is 1. The molecule has 1 fully saturated rings. The lowest BCUT2D eigenvalue weighted by atomic mass is 10.1. The Morgan fingerprint density at radius 3 is 2.32 bits per heavy atom. The van der Waals surface area contributed by atoms with E-state index in [2.05, 4.69) is 29.4 Å². The van der Waals surface area contributed by atoms with Gasteiger partial charge in [-0.3, -0.25) is 15.0 Å². The molecule has 0 aromatic heterocycles. The van der Waals surface area contributed by atoms with Crippen molar-refractivity contribution >= 4 is 17.7 Å². The predicted octanol–water partition coefficient (Wildman–Crippen LogP) is 2.80. The van der Waals surface area contributed by atoms with Crippen LogP contribution in [0.3, 0.4) is 0 Å². The van der Waals surface area contributed by atoms with E-state index >= 15 is 0 Å². The van der Waals surface area contributed by atoms with E-state index in [1.165, 1.54) is 0 Å². The van der Waals surface area contributed by atoms with E-state index in [1.54, 1.807) is 12.1 Å². The van der Waals surface area contributed by atoms with Crippen LogP contribution in [0, 0.1) is 0 Å². The van der Waals surface area contributed by atoms with Crippen molar-refractivity contribution < 1.29 is 19.1 Å². The maximum absolute atomic E-state index is 12.2. The second-order valence-electron chi connectivity index (χ2n) is 8.37. The zero-order valence-corrected chi connectivity index (χ0v) is 17.6. The number of carbonyl (C=O) groups excluding carboxylic acids is 2. The number of carbonyl (C=O) groups is 2. The zero-order valence-electron chi connectivity index (χ0n) is 17.6. The molecule has 156 valence electrons. The summed E-state index contributed by atoms with van der Waals surface area (Å²) in [7, 11) is 0. The summed E-state index contributed by atoms with van der Waals surface area (Å²) < 4.78 is 10.9. The minimum atomic E-state index is -0.542. The standard InChI is InChI=1S/C21H33N3O4/c1-15-13-24(14-16(2)27-15)11-10-22-19(25)12-17-6-8-18(9-7-17)23-20(26)28-21(3,4)5/h6-9,15-16H,10-14H2,1-5H3,(H,22,25)(H,23,26). The van der Waals surface area contributed by atoms with E-state index < -0.39 is 11.7 Å². The molecule has 0 aliphatic carbocycles. The van der Waals surface area contributed by atoms with Gasteiger partial charge in [0, 0.05) is 31.9 Å². The van der Waals surface area contributed by atoms with Crippen LogP contribution in [0.1, 0.15) is 40.2 Å². The minimum absolute atomic E-state index is 0.0118. The first-order valence-electron chi connectivity index (χ1n) is 9.84. The smallest absolute Gasteiger partial charge is 0.412 e. The first-order chi connectivity index (χ1) is 13.1. The summed E-state index contributed by atoms with van der Waals surface area (Å²) in [5.74, 6) is -0.0118. The first-order valence-corrected chi connectivity index (χ1v) is 9.84. The number of ether oxygens (including phenoxy) is 2. The molecule has 1 aromatic rings. The van der Waals surface area contributed by atoms with Crippen LogP contribution in [-0.2, 0) is 20.7 Å². The number of anilines is 1. The van der Waals surface area contributed by atoms with Gasteiger partial charge in [-0.2, -0.15) is 0 Å². The molecule has 1 heterocycles. The number of nitrogens with zero attached hydrogens (tertiary/aromatic N) is 1.